The summed E-state index contributed by atoms with van der Waals surface area (Å²) >= 11 is 0. The lowest BCUT2D eigenvalue weighted by atomic mass is 10.3. The van der Waals surface area contributed by atoms with Gasteiger partial charge in [0.1, 0.15) is 5.69 Å². The molecule has 0 N–H and O–H groups in total. The molecule has 4 heteroatoms. The molecule has 0 fully saturated rings. The van der Waals surface area contributed by atoms with E-state index < -0.39 is 11.9 Å². The molecule has 1 nitrogen and oxygen atoms in total. The van der Waals surface area contributed by atoms with E-state index in [4.69, 9.17) is 0 Å². The first-order valence-electron chi connectivity index (χ1n) is 2.92. The average molecular weight is 160 g/mol. The number of pyridine rings is 1. The number of hydrogen-bond acceptors (Lipinski definition) is 1. The molecule has 0 saturated heterocycles. The van der Waals surface area contributed by atoms with Crippen molar-refractivity contribution in [1.82, 2.24) is 4.98 Å². The summed E-state index contributed by atoms with van der Waals surface area (Å²) in [7, 11) is 0. The van der Waals surface area contributed by atoms with Gasteiger partial charge in [0.25, 0.3) is 0 Å². The Hall–Kier alpha value is -1.06. The smallest absolute Gasteiger partial charge is 0.248 e. The Kier molecular flexibility index (Phi) is 1.85. The van der Waals surface area contributed by atoms with Crippen LogP contribution >= 0.6 is 0 Å². The van der Waals surface area contributed by atoms with Crippen molar-refractivity contribution in [2.75, 3.05) is 0 Å². The molecule has 0 aliphatic rings. The first kappa shape index (κ1) is 8.04. The van der Waals surface area contributed by atoms with Gasteiger partial charge in [-0.3, -0.25) is 0 Å². The fraction of sp³-hybridized carbons (Fsp3) is 0.286. The monoisotopic (exact) mass is 160 g/mol. The molecule has 0 aromatic carbocycles. The second kappa shape index (κ2) is 2.53. The third-order valence-corrected chi connectivity index (χ3v) is 1.11. The van der Waals surface area contributed by atoms with Crippen LogP contribution in [0.2, 0.25) is 0 Å². The molecular weight excluding hydrogens is 155 g/mol. The Morgan fingerprint density at radius 1 is 1.45 bits per heavy atom. The van der Waals surface area contributed by atoms with E-state index >= 15 is 0 Å². The van der Waals surface area contributed by atoms with Crippen molar-refractivity contribution in [3.05, 3.63) is 29.6 Å². The average Bonchev–Trinajstić information content (AvgIpc) is 1.86. The predicted molar refractivity (Wildman–Crippen MR) is 32.8 cm³/mol. The van der Waals surface area contributed by atoms with Gasteiger partial charge in [-0.15, -0.1) is 0 Å². The summed E-state index contributed by atoms with van der Waals surface area (Å²) in [5.74, 6) is 0. The molecule has 0 atom stereocenters. The molecule has 1 aromatic rings. The summed E-state index contributed by atoms with van der Waals surface area (Å²) in [5.41, 5.74) is -0.617. The molecule has 1 radical (unpaired) electrons. The predicted octanol–water partition coefficient (Wildman–Crippen LogP) is 2.21. The highest BCUT2D eigenvalue weighted by molar-refractivity contribution is 5.10. The third-order valence-electron chi connectivity index (χ3n) is 1.11. The number of hydrogen-bond donors (Lipinski definition) is 0. The minimum Gasteiger partial charge on any atom is -0.248 e. The number of aryl methyl sites for hydroxylation is 1. The van der Waals surface area contributed by atoms with Crippen molar-refractivity contribution in [2.24, 2.45) is 0 Å². The number of nitrogens with zero attached hydrogens (tertiary/aromatic N) is 1. The zero-order valence-electron chi connectivity index (χ0n) is 5.74. The van der Waals surface area contributed by atoms with Crippen LogP contribution in [0.15, 0.2) is 12.1 Å². The molecule has 0 unspecified atom stereocenters. The highest BCUT2D eigenvalue weighted by Crippen LogP contribution is 2.26. The first-order chi connectivity index (χ1) is 5.00. The van der Waals surface area contributed by atoms with E-state index in [9.17, 15) is 13.2 Å². The largest absolute Gasteiger partial charge is 0.433 e. The quantitative estimate of drug-likeness (QED) is 0.567. The molecule has 0 saturated carbocycles. The summed E-state index contributed by atoms with van der Waals surface area (Å²) in [4.78, 5) is 3.26. The molecule has 1 aromatic heterocycles. The van der Waals surface area contributed by atoms with Crippen molar-refractivity contribution in [3.8, 4) is 0 Å². The molecule has 0 amide bonds. The molecule has 0 aliphatic carbocycles. The lowest BCUT2D eigenvalue weighted by Gasteiger charge is -2.04. The standard InChI is InChI=1S/C7H5F3N/c1-5-3-2-4-6(11-5)7(8,9)10/h2,4H,1H3. The molecule has 0 aliphatic heterocycles. The van der Waals surface area contributed by atoms with Crippen molar-refractivity contribution < 1.29 is 13.2 Å². The summed E-state index contributed by atoms with van der Waals surface area (Å²) < 4.78 is 35.7. The molecular formula is C7H5F3N. The Morgan fingerprint density at radius 3 is 2.45 bits per heavy atom. The summed E-state index contributed by atoms with van der Waals surface area (Å²) in [5, 5.41) is 0. The maximum absolute atomic E-state index is 11.9. The fourth-order valence-corrected chi connectivity index (χ4v) is 0.649. The first-order valence-corrected chi connectivity index (χ1v) is 2.92. The molecule has 59 valence electrons. The van der Waals surface area contributed by atoms with Crippen molar-refractivity contribution in [2.45, 2.75) is 13.1 Å². The van der Waals surface area contributed by atoms with Crippen LogP contribution in [0.1, 0.15) is 11.4 Å². The van der Waals surface area contributed by atoms with E-state index in [1.54, 1.807) is 0 Å². The zero-order valence-corrected chi connectivity index (χ0v) is 5.74. The van der Waals surface area contributed by atoms with Gasteiger partial charge in [-0.05, 0) is 13.0 Å². The van der Waals surface area contributed by atoms with E-state index in [0.29, 0.717) is 0 Å². The van der Waals surface area contributed by atoms with Crippen molar-refractivity contribution in [1.29, 1.82) is 0 Å². The Bertz CT molecular complexity index is 254. The van der Waals surface area contributed by atoms with Gasteiger partial charge >= 0.3 is 6.18 Å². The second-order valence-electron chi connectivity index (χ2n) is 2.06. The topological polar surface area (TPSA) is 12.9 Å². The van der Waals surface area contributed by atoms with Gasteiger partial charge < -0.3 is 0 Å². The van der Waals surface area contributed by atoms with Gasteiger partial charge in [0, 0.05) is 11.8 Å². The highest BCUT2D eigenvalue weighted by atomic mass is 19.4. The minimum absolute atomic E-state index is 0.250. The SMILES string of the molecule is Cc1[c]ccc(C(F)(F)F)n1. The zero-order chi connectivity index (χ0) is 8.48. The van der Waals surface area contributed by atoms with Crippen LogP contribution < -0.4 is 0 Å². The Labute approximate surface area is 61.9 Å². The van der Waals surface area contributed by atoms with E-state index in [-0.39, 0.29) is 5.69 Å². The van der Waals surface area contributed by atoms with Crippen LogP contribution in [-0.4, -0.2) is 4.98 Å². The molecule has 1 heterocycles. The highest BCUT2D eigenvalue weighted by Gasteiger charge is 2.31. The van der Waals surface area contributed by atoms with Crippen molar-refractivity contribution >= 4 is 0 Å². The van der Waals surface area contributed by atoms with Gasteiger partial charge in [0.15, 0.2) is 0 Å². The molecule has 0 bridgehead atoms. The lowest BCUT2D eigenvalue weighted by Crippen LogP contribution is -2.07. The van der Waals surface area contributed by atoms with Crippen molar-refractivity contribution in [3.63, 3.8) is 0 Å². The molecule has 1 rings (SSSR count). The van der Waals surface area contributed by atoms with Gasteiger partial charge in [0.2, 0.25) is 0 Å². The van der Waals surface area contributed by atoms with E-state index in [2.05, 4.69) is 11.1 Å². The number of rotatable bonds is 0. The van der Waals surface area contributed by atoms with Crippen LogP contribution in [0, 0.1) is 13.0 Å². The molecule has 0 spiro atoms. The van der Waals surface area contributed by atoms with Gasteiger partial charge in [0.05, 0.1) is 0 Å². The van der Waals surface area contributed by atoms with E-state index in [1.807, 2.05) is 0 Å². The van der Waals surface area contributed by atoms with Crippen LogP contribution in [0.25, 0.3) is 0 Å². The normalized spacial score (nSPS) is 11.6. The van der Waals surface area contributed by atoms with Gasteiger partial charge in [-0.25, -0.2) is 4.98 Å². The Morgan fingerprint density at radius 2 is 2.09 bits per heavy atom. The number of alkyl halides is 3. The summed E-state index contributed by atoms with van der Waals surface area (Å²) in [6.07, 6.45) is -4.35. The van der Waals surface area contributed by atoms with Gasteiger partial charge in [-0.2, -0.15) is 13.2 Å². The maximum Gasteiger partial charge on any atom is 0.433 e. The van der Waals surface area contributed by atoms with Crippen LogP contribution in [0.5, 0.6) is 0 Å². The molecule has 11 heavy (non-hydrogen) atoms. The van der Waals surface area contributed by atoms with Gasteiger partial charge in [-0.1, -0.05) is 6.07 Å². The van der Waals surface area contributed by atoms with E-state index in [1.165, 1.54) is 13.0 Å². The Balaban J connectivity index is 3.06. The second-order valence-corrected chi connectivity index (χ2v) is 2.06. The summed E-state index contributed by atoms with van der Waals surface area (Å²) in [6.45, 7) is 1.47. The fourth-order valence-electron chi connectivity index (χ4n) is 0.649. The van der Waals surface area contributed by atoms with Crippen LogP contribution in [0.4, 0.5) is 13.2 Å². The third kappa shape index (κ3) is 1.93. The number of halogens is 3. The minimum atomic E-state index is -4.35. The van der Waals surface area contributed by atoms with Crippen LogP contribution in [0.3, 0.4) is 0 Å². The number of aromatic nitrogens is 1. The maximum atomic E-state index is 11.9. The van der Waals surface area contributed by atoms with Crippen LogP contribution in [-0.2, 0) is 6.18 Å². The lowest BCUT2D eigenvalue weighted by molar-refractivity contribution is -0.141. The van der Waals surface area contributed by atoms with E-state index in [0.717, 1.165) is 6.07 Å². The summed E-state index contributed by atoms with van der Waals surface area (Å²) in [6, 6.07) is 4.64.